The lowest BCUT2D eigenvalue weighted by Gasteiger charge is -2.38. The van der Waals surface area contributed by atoms with Gasteiger partial charge in [-0.1, -0.05) is 37.6 Å². The minimum Gasteiger partial charge on any atom is -0.494 e. The number of hydrogen-bond acceptors (Lipinski definition) is 3. The normalized spacial score (nSPS) is 15.3. The SMILES string of the molecule is CCCN(CCC)CCCOc1cccc(C2c3[nH]c4ccc(Cl)cc4c3CCN2c2ccc(F)cc2)c1. The van der Waals surface area contributed by atoms with E-state index in [0.29, 0.717) is 6.61 Å². The summed E-state index contributed by atoms with van der Waals surface area (Å²) in [5, 5.41) is 1.91. The molecule has 5 rings (SSSR count). The Labute approximate surface area is 230 Å². The van der Waals surface area contributed by atoms with Crippen LogP contribution in [0.2, 0.25) is 5.02 Å². The van der Waals surface area contributed by atoms with Crippen molar-refractivity contribution >= 4 is 28.2 Å². The number of rotatable bonds is 11. The fourth-order valence-corrected chi connectivity index (χ4v) is 5.91. The summed E-state index contributed by atoms with van der Waals surface area (Å²) in [7, 11) is 0. The topological polar surface area (TPSA) is 31.5 Å². The average molecular weight is 534 g/mol. The van der Waals surface area contributed by atoms with Crippen LogP contribution in [0.4, 0.5) is 10.1 Å². The molecule has 0 spiro atoms. The first-order chi connectivity index (χ1) is 18.6. The monoisotopic (exact) mass is 533 g/mol. The van der Waals surface area contributed by atoms with Crippen molar-refractivity contribution in [1.82, 2.24) is 9.88 Å². The molecule has 3 aromatic carbocycles. The van der Waals surface area contributed by atoms with E-state index in [1.165, 1.54) is 35.9 Å². The van der Waals surface area contributed by atoms with Gasteiger partial charge in [0.25, 0.3) is 0 Å². The van der Waals surface area contributed by atoms with Gasteiger partial charge in [-0.3, -0.25) is 0 Å². The van der Waals surface area contributed by atoms with Crippen LogP contribution in [0.3, 0.4) is 0 Å². The standard InChI is InChI=1S/C32H37ClFN3O/c1-3-16-36(17-4-2)18-6-20-38-27-8-5-7-23(21-27)32-31-28(29-22-24(33)9-14-30(29)35-31)15-19-37(32)26-12-10-25(34)11-13-26/h5,7-14,21-22,32,35H,3-4,6,15-20H2,1-2H3. The highest BCUT2D eigenvalue weighted by atomic mass is 35.5. The summed E-state index contributed by atoms with van der Waals surface area (Å²) < 4.78 is 20.0. The molecule has 4 aromatic rings. The second kappa shape index (κ2) is 12.2. The summed E-state index contributed by atoms with van der Waals surface area (Å²) in [5.41, 5.74) is 5.68. The third kappa shape index (κ3) is 5.84. The molecule has 6 heteroatoms. The van der Waals surface area contributed by atoms with Crippen molar-refractivity contribution in [1.29, 1.82) is 0 Å². The predicted molar refractivity (Wildman–Crippen MR) is 156 cm³/mol. The summed E-state index contributed by atoms with van der Waals surface area (Å²) in [6.07, 6.45) is 4.24. The summed E-state index contributed by atoms with van der Waals surface area (Å²) in [5.74, 6) is 0.653. The van der Waals surface area contributed by atoms with E-state index in [1.54, 1.807) is 0 Å². The van der Waals surface area contributed by atoms with Crippen LogP contribution in [0.5, 0.6) is 5.75 Å². The number of anilines is 1. The van der Waals surface area contributed by atoms with Gasteiger partial charge < -0.3 is 19.5 Å². The van der Waals surface area contributed by atoms with Gasteiger partial charge in [0.2, 0.25) is 0 Å². The van der Waals surface area contributed by atoms with Gasteiger partial charge in [-0.2, -0.15) is 0 Å². The lowest BCUT2D eigenvalue weighted by molar-refractivity contribution is 0.234. The average Bonchev–Trinajstić information content (AvgIpc) is 3.29. The largest absolute Gasteiger partial charge is 0.494 e. The molecule has 1 aliphatic heterocycles. The molecule has 0 saturated heterocycles. The van der Waals surface area contributed by atoms with E-state index >= 15 is 0 Å². The third-order valence-corrected chi connectivity index (χ3v) is 7.62. The molecule has 2 heterocycles. The van der Waals surface area contributed by atoms with E-state index in [0.717, 1.165) is 72.3 Å². The number of ether oxygens (including phenoxy) is 1. The molecule has 4 nitrogen and oxygen atoms in total. The number of aromatic nitrogens is 1. The predicted octanol–water partition coefficient (Wildman–Crippen LogP) is 8.00. The van der Waals surface area contributed by atoms with Crippen molar-refractivity contribution in [2.24, 2.45) is 0 Å². The molecule has 0 aliphatic carbocycles. The number of nitrogens with one attached hydrogen (secondary N) is 1. The van der Waals surface area contributed by atoms with Crippen molar-refractivity contribution in [3.63, 3.8) is 0 Å². The van der Waals surface area contributed by atoms with Crippen LogP contribution in [-0.2, 0) is 6.42 Å². The van der Waals surface area contributed by atoms with Crippen molar-refractivity contribution in [3.8, 4) is 5.75 Å². The number of H-pyrrole nitrogens is 1. The maximum absolute atomic E-state index is 13.8. The van der Waals surface area contributed by atoms with Gasteiger partial charge in [0, 0.05) is 40.4 Å². The van der Waals surface area contributed by atoms with E-state index in [4.69, 9.17) is 16.3 Å². The quantitative estimate of drug-likeness (QED) is 0.198. The summed E-state index contributed by atoms with van der Waals surface area (Å²) in [4.78, 5) is 8.56. The van der Waals surface area contributed by atoms with E-state index < -0.39 is 0 Å². The van der Waals surface area contributed by atoms with Gasteiger partial charge in [0.15, 0.2) is 0 Å². The first kappa shape index (κ1) is 26.6. The smallest absolute Gasteiger partial charge is 0.123 e. The second-order valence-electron chi connectivity index (χ2n) is 10.1. The minimum atomic E-state index is -0.227. The first-order valence-electron chi connectivity index (χ1n) is 13.8. The molecule has 1 unspecified atom stereocenters. The zero-order chi connectivity index (χ0) is 26.5. The maximum Gasteiger partial charge on any atom is 0.123 e. The highest BCUT2D eigenvalue weighted by Crippen LogP contribution is 2.42. The Bertz CT molecular complexity index is 1350. The molecule has 1 atom stereocenters. The lowest BCUT2D eigenvalue weighted by atomic mass is 9.91. The number of nitrogens with zero attached hydrogens (tertiary/aromatic N) is 2. The summed E-state index contributed by atoms with van der Waals surface area (Å²) in [6, 6.07) is 21.2. The van der Waals surface area contributed by atoms with Crippen molar-refractivity contribution in [2.45, 2.75) is 45.6 Å². The Morgan fingerprint density at radius 2 is 1.79 bits per heavy atom. The number of aromatic amines is 1. The molecule has 1 N–H and O–H groups in total. The van der Waals surface area contributed by atoms with Crippen molar-refractivity contribution in [2.75, 3.05) is 37.7 Å². The first-order valence-corrected chi connectivity index (χ1v) is 14.2. The number of benzene rings is 3. The minimum absolute atomic E-state index is 0.0523. The molecule has 0 bridgehead atoms. The zero-order valence-electron chi connectivity index (χ0n) is 22.4. The van der Waals surface area contributed by atoms with Gasteiger partial charge in [-0.25, -0.2) is 4.39 Å². The van der Waals surface area contributed by atoms with Crippen LogP contribution in [0.1, 0.15) is 56.0 Å². The maximum atomic E-state index is 13.8. The highest BCUT2D eigenvalue weighted by molar-refractivity contribution is 6.31. The summed E-state index contributed by atoms with van der Waals surface area (Å²) in [6.45, 7) is 9.32. The molecule has 38 heavy (non-hydrogen) atoms. The molecule has 0 fully saturated rings. The Kier molecular flexibility index (Phi) is 8.55. The number of hydrogen-bond donors (Lipinski definition) is 1. The van der Waals surface area contributed by atoms with Crippen molar-refractivity contribution < 1.29 is 9.13 Å². The van der Waals surface area contributed by atoms with E-state index in [1.807, 2.05) is 24.3 Å². The molecule has 1 aromatic heterocycles. The fraction of sp³-hybridized carbons (Fsp3) is 0.375. The number of fused-ring (bicyclic) bond motifs is 3. The highest BCUT2D eigenvalue weighted by Gasteiger charge is 2.32. The van der Waals surface area contributed by atoms with Gasteiger partial charge in [-0.05, 0) is 104 Å². The molecule has 0 radical (unpaired) electrons. The van der Waals surface area contributed by atoms with E-state index in [2.05, 4.69) is 59.0 Å². The van der Waals surface area contributed by atoms with Gasteiger partial charge in [0.1, 0.15) is 11.6 Å². The molecule has 0 amide bonds. The Hall–Kier alpha value is -3.02. The van der Waals surface area contributed by atoms with Crippen LogP contribution < -0.4 is 9.64 Å². The Morgan fingerprint density at radius 3 is 2.55 bits per heavy atom. The lowest BCUT2D eigenvalue weighted by Crippen LogP contribution is -2.36. The van der Waals surface area contributed by atoms with Crippen LogP contribution in [0.25, 0.3) is 10.9 Å². The molecule has 200 valence electrons. The van der Waals surface area contributed by atoms with Gasteiger partial charge >= 0.3 is 0 Å². The Morgan fingerprint density at radius 1 is 1.00 bits per heavy atom. The van der Waals surface area contributed by atoms with Crippen molar-refractivity contribution in [3.05, 3.63) is 94.4 Å². The van der Waals surface area contributed by atoms with Gasteiger partial charge in [0.05, 0.1) is 12.6 Å². The fourth-order valence-electron chi connectivity index (χ4n) is 5.74. The third-order valence-electron chi connectivity index (χ3n) is 7.39. The Balaban J connectivity index is 1.42. The van der Waals surface area contributed by atoms with Crippen LogP contribution >= 0.6 is 11.6 Å². The molecular formula is C32H37ClFN3O. The van der Waals surface area contributed by atoms with E-state index in [-0.39, 0.29) is 11.9 Å². The van der Waals surface area contributed by atoms with E-state index in [9.17, 15) is 4.39 Å². The number of halogens is 2. The van der Waals surface area contributed by atoms with Gasteiger partial charge in [-0.15, -0.1) is 0 Å². The summed E-state index contributed by atoms with van der Waals surface area (Å²) >= 11 is 6.37. The van der Waals surface area contributed by atoms with Crippen LogP contribution in [-0.4, -0.2) is 42.7 Å². The molecule has 1 aliphatic rings. The second-order valence-corrected chi connectivity index (χ2v) is 10.6. The molecular weight excluding hydrogens is 497 g/mol. The van der Waals surface area contributed by atoms with Crippen LogP contribution in [0.15, 0.2) is 66.7 Å². The molecule has 0 saturated carbocycles. The zero-order valence-corrected chi connectivity index (χ0v) is 23.1. The van der Waals surface area contributed by atoms with Crippen LogP contribution in [0, 0.1) is 5.82 Å².